The first-order valence-electron chi connectivity index (χ1n) is 4.71. The molecule has 0 atom stereocenters. The molecule has 0 bridgehead atoms. The predicted molar refractivity (Wildman–Crippen MR) is 65.3 cm³/mol. The van der Waals surface area contributed by atoms with Crippen molar-refractivity contribution in [3.63, 3.8) is 0 Å². The summed E-state index contributed by atoms with van der Waals surface area (Å²) in [5.41, 5.74) is 1.67. The van der Waals surface area contributed by atoms with Crippen LogP contribution in [-0.2, 0) is 6.54 Å². The van der Waals surface area contributed by atoms with E-state index >= 15 is 0 Å². The lowest BCUT2D eigenvalue weighted by molar-refractivity contribution is 0.274. The average molecular weight is 272 g/mol. The van der Waals surface area contributed by atoms with Crippen LogP contribution in [0.5, 0.6) is 0 Å². The van der Waals surface area contributed by atoms with E-state index in [4.69, 9.17) is 0 Å². The monoisotopic (exact) mass is 271 g/mol. The molecule has 0 saturated carbocycles. The molecule has 3 heteroatoms. The Morgan fingerprint density at radius 3 is 2.71 bits per heavy atom. The van der Waals surface area contributed by atoms with E-state index in [0.29, 0.717) is 0 Å². The van der Waals surface area contributed by atoms with Gasteiger partial charge < -0.3 is 0 Å². The smallest absolute Gasteiger partial charge is 0.0361 e. The number of hydrogen-bond acceptors (Lipinski definition) is 2. The molecule has 0 spiro atoms. The number of halogens is 1. The second-order valence-electron chi connectivity index (χ2n) is 4.55. The molecule has 1 aliphatic rings. The maximum atomic E-state index is 3.50. The summed E-state index contributed by atoms with van der Waals surface area (Å²) in [6.45, 7) is 7.81. The molecular weight excluding hydrogens is 258 g/mol. The van der Waals surface area contributed by atoms with Gasteiger partial charge in [-0.05, 0) is 50.4 Å². The van der Waals surface area contributed by atoms with E-state index in [-0.39, 0.29) is 5.54 Å². The van der Waals surface area contributed by atoms with E-state index in [2.05, 4.69) is 59.2 Å². The first-order valence-corrected chi connectivity index (χ1v) is 6.27. The minimum Gasteiger partial charge on any atom is -0.237 e. The number of nitrogens with zero attached hydrogens (tertiary/aromatic N) is 1. The molecule has 14 heavy (non-hydrogen) atoms. The Morgan fingerprint density at radius 2 is 2.07 bits per heavy atom. The van der Waals surface area contributed by atoms with E-state index in [1.165, 1.54) is 14.9 Å². The Kier molecular flexibility index (Phi) is 2.66. The van der Waals surface area contributed by atoms with Gasteiger partial charge >= 0.3 is 0 Å². The van der Waals surface area contributed by atoms with Gasteiger partial charge in [0.2, 0.25) is 0 Å². The fourth-order valence-corrected chi connectivity index (χ4v) is 3.08. The molecule has 0 amide bonds. The van der Waals surface area contributed by atoms with Gasteiger partial charge in [0.05, 0.1) is 0 Å². The lowest BCUT2D eigenvalue weighted by atomic mass is 10.1. The summed E-state index contributed by atoms with van der Waals surface area (Å²) in [6.07, 6.45) is 0. The molecule has 0 aliphatic carbocycles. The topological polar surface area (TPSA) is 3.24 Å². The molecule has 1 aromatic rings. The predicted octanol–water partition coefficient (Wildman–Crippen LogP) is 4.07. The van der Waals surface area contributed by atoms with Crippen LogP contribution in [0.15, 0.2) is 27.6 Å². The molecule has 1 nitrogen and oxygen atoms in total. The molecular formula is C11H14BrNS. The highest BCUT2D eigenvalue weighted by atomic mass is 79.9. The van der Waals surface area contributed by atoms with Crippen molar-refractivity contribution in [3.8, 4) is 0 Å². The Bertz CT molecular complexity index is 357. The van der Waals surface area contributed by atoms with E-state index in [1.807, 2.05) is 11.9 Å². The van der Waals surface area contributed by atoms with E-state index in [1.54, 1.807) is 0 Å². The van der Waals surface area contributed by atoms with Crippen LogP contribution in [-0.4, -0.2) is 9.84 Å². The van der Waals surface area contributed by atoms with Crippen LogP contribution in [0.2, 0.25) is 0 Å². The zero-order chi connectivity index (χ0) is 10.3. The highest BCUT2D eigenvalue weighted by molar-refractivity contribution is 9.10. The fraction of sp³-hybridized carbons (Fsp3) is 0.455. The minimum absolute atomic E-state index is 0.232. The average Bonchev–Trinajstić information content (AvgIpc) is 2.45. The molecule has 0 unspecified atom stereocenters. The fourth-order valence-electron chi connectivity index (χ4n) is 1.42. The van der Waals surface area contributed by atoms with Crippen LogP contribution >= 0.6 is 27.9 Å². The zero-order valence-corrected chi connectivity index (χ0v) is 11.1. The van der Waals surface area contributed by atoms with Gasteiger partial charge in [0, 0.05) is 21.5 Å². The van der Waals surface area contributed by atoms with E-state index in [9.17, 15) is 0 Å². The van der Waals surface area contributed by atoms with Crippen molar-refractivity contribution in [2.24, 2.45) is 0 Å². The molecule has 0 fully saturated rings. The molecule has 0 N–H and O–H groups in total. The summed E-state index contributed by atoms with van der Waals surface area (Å²) in [4.78, 5) is 1.38. The molecule has 0 saturated heterocycles. The summed E-state index contributed by atoms with van der Waals surface area (Å²) in [6, 6.07) is 6.52. The minimum atomic E-state index is 0.232. The van der Waals surface area contributed by atoms with Crippen molar-refractivity contribution in [1.29, 1.82) is 0 Å². The van der Waals surface area contributed by atoms with Crippen molar-refractivity contribution in [1.82, 2.24) is 4.31 Å². The molecule has 76 valence electrons. The van der Waals surface area contributed by atoms with Crippen molar-refractivity contribution in [3.05, 3.63) is 28.2 Å². The molecule has 1 aromatic carbocycles. The second-order valence-corrected chi connectivity index (χ2v) is 6.53. The lowest BCUT2D eigenvalue weighted by Gasteiger charge is -2.29. The highest BCUT2D eigenvalue weighted by Crippen LogP contribution is 2.41. The number of fused-ring (bicyclic) bond motifs is 1. The Labute approximate surface area is 98.1 Å². The van der Waals surface area contributed by atoms with Gasteiger partial charge in [0.15, 0.2) is 0 Å². The maximum absolute atomic E-state index is 3.50. The summed E-state index contributed by atoms with van der Waals surface area (Å²) in [5, 5.41) is 0. The molecule has 1 heterocycles. The van der Waals surface area contributed by atoms with Crippen molar-refractivity contribution in [2.45, 2.75) is 37.8 Å². The van der Waals surface area contributed by atoms with E-state index < -0.39 is 0 Å². The number of rotatable bonds is 0. The largest absolute Gasteiger partial charge is 0.237 e. The Hall–Kier alpha value is 0.01000. The molecule has 0 radical (unpaired) electrons. The molecule has 1 aliphatic heterocycles. The third-order valence-corrected chi connectivity index (χ3v) is 4.27. The summed E-state index contributed by atoms with van der Waals surface area (Å²) in [7, 11) is 0. The van der Waals surface area contributed by atoms with Gasteiger partial charge in [0.1, 0.15) is 0 Å². The lowest BCUT2D eigenvalue weighted by Crippen LogP contribution is -2.32. The van der Waals surface area contributed by atoms with Gasteiger partial charge in [-0.15, -0.1) is 0 Å². The van der Waals surface area contributed by atoms with Crippen LogP contribution in [0.25, 0.3) is 0 Å². The van der Waals surface area contributed by atoms with Crippen molar-refractivity contribution in [2.75, 3.05) is 0 Å². The normalized spacial score (nSPS) is 17.1. The first kappa shape index (κ1) is 10.5. The Morgan fingerprint density at radius 1 is 1.36 bits per heavy atom. The maximum Gasteiger partial charge on any atom is 0.0361 e. The van der Waals surface area contributed by atoms with Gasteiger partial charge in [-0.2, -0.15) is 0 Å². The molecule has 0 aromatic heterocycles. The molecule has 2 rings (SSSR count). The highest BCUT2D eigenvalue weighted by Gasteiger charge is 2.29. The van der Waals surface area contributed by atoms with Gasteiger partial charge in [0.25, 0.3) is 0 Å². The van der Waals surface area contributed by atoms with Gasteiger partial charge in [-0.1, -0.05) is 22.0 Å². The van der Waals surface area contributed by atoms with Crippen LogP contribution in [0.1, 0.15) is 26.3 Å². The number of hydrogen-bond donors (Lipinski definition) is 0. The van der Waals surface area contributed by atoms with Gasteiger partial charge in [-0.25, -0.2) is 4.31 Å². The van der Waals surface area contributed by atoms with Gasteiger partial charge in [-0.3, -0.25) is 0 Å². The SMILES string of the molecule is CC(C)(C)N1Cc2ccc(Br)cc2S1. The summed E-state index contributed by atoms with van der Waals surface area (Å²) >= 11 is 5.36. The summed E-state index contributed by atoms with van der Waals surface area (Å²) < 4.78 is 3.59. The van der Waals surface area contributed by atoms with E-state index in [0.717, 1.165) is 6.54 Å². The third kappa shape index (κ3) is 2.00. The quantitative estimate of drug-likeness (QED) is 0.655. The van der Waals surface area contributed by atoms with Crippen LogP contribution in [0, 0.1) is 0 Å². The van der Waals surface area contributed by atoms with Crippen molar-refractivity contribution >= 4 is 27.9 Å². The van der Waals surface area contributed by atoms with Crippen LogP contribution in [0.3, 0.4) is 0 Å². The standard InChI is InChI=1S/C11H14BrNS/c1-11(2,3)13-7-8-4-5-9(12)6-10(8)14-13/h4-6H,7H2,1-3H3. The first-order chi connectivity index (χ1) is 6.47. The number of benzene rings is 1. The van der Waals surface area contributed by atoms with Crippen molar-refractivity contribution < 1.29 is 0 Å². The van der Waals surface area contributed by atoms with Crippen LogP contribution in [0.4, 0.5) is 0 Å². The van der Waals surface area contributed by atoms with Crippen LogP contribution < -0.4 is 0 Å². The third-order valence-electron chi connectivity index (χ3n) is 2.30. The second kappa shape index (κ2) is 3.54. The zero-order valence-electron chi connectivity index (χ0n) is 8.67. The Balaban J connectivity index is 2.26. The summed E-state index contributed by atoms with van der Waals surface area (Å²) in [5.74, 6) is 0.